The molecule has 0 aromatic carbocycles. The molecule has 64 heavy (non-hydrogen) atoms. The SMILES string of the molecule is CC(C)(C)OC1C=C(CBr)C(=O)C1.COC(=O)/C=C/C/C=C(/CC1=CC(OC(C)(C)C)CC1=O)[Si](C)(C)C.COC(=O)/C=C/C/C=C(/[B]C1CCCCC1)[Si](C)(C)C.C[SiH2]C.C[SiH2]C. The van der Waals surface area contributed by atoms with E-state index in [2.05, 4.69) is 110 Å². The Hall–Kier alpha value is -1.95. The number of alkyl halides is 1. The van der Waals surface area contributed by atoms with Crippen molar-refractivity contribution in [2.24, 2.45) is 0 Å². The van der Waals surface area contributed by atoms with Crippen molar-refractivity contribution in [1.29, 1.82) is 0 Å². The van der Waals surface area contributed by atoms with E-state index >= 15 is 0 Å². The summed E-state index contributed by atoms with van der Waals surface area (Å²) in [6.45, 7) is 35.0. The number of halogens is 1. The Bertz CT molecular complexity index is 1580. The molecule has 0 aromatic rings. The second-order valence-corrected chi connectivity index (χ2v) is 34.3. The molecule has 0 amide bonds. The third-order valence-electron chi connectivity index (χ3n) is 9.58. The molecule has 1 fully saturated rings. The van der Waals surface area contributed by atoms with Crippen LogP contribution in [-0.4, -0.2) is 109 Å². The van der Waals surface area contributed by atoms with Gasteiger partial charge in [-0.1, -0.05) is 149 Å². The standard InChI is InChI=1S/C20H32O4Si.C16H28BO2Si.C10H15BrO2.2C2H8Si/c1-20(2,3)24-16-12-15(18(21)14-16)13-17(25(5,6)7)10-8-9-11-19(22)23-4;1-19-16(18)13-9-8-12-15(20(2,3)4)17-14-10-6-5-7-11-14;1-10(2,3)13-8-4-7(6-11)9(12)5-8;2*1-3-2/h9-12,16H,8,13-14H2,1-7H3;9,12-14H,5-8,10-11H2,1-4H3;4,8H,5-6H2,1-3H3;2*3H2,1-2H3/b11-9+,17-10-;13-9+,15-12-;;;. The van der Waals surface area contributed by atoms with Crippen LogP contribution in [0.15, 0.2) is 70.0 Å². The summed E-state index contributed by atoms with van der Waals surface area (Å²) in [4.78, 5) is 45.9. The van der Waals surface area contributed by atoms with E-state index in [1.807, 2.05) is 59.8 Å². The molecule has 8 nitrogen and oxygen atoms in total. The number of carbonyl (C=O) groups excluding carboxylic acids is 4. The zero-order valence-electron chi connectivity index (χ0n) is 43.8. The largest absolute Gasteiger partial charge is 0.466 e. The highest BCUT2D eigenvalue weighted by Crippen LogP contribution is 2.32. The summed E-state index contributed by atoms with van der Waals surface area (Å²) in [5.74, 6) is 0.531. The molecule has 2 atom stereocenters. The molecule has 0 heterocycles. The highest BCUT2D eigenvalue weighted by Gasteiger charge is 2.31. The van der Waals surface area contributed by atoms with Gasteiger partial charge in [-0.15, -0.1) is 5.10 Å². The topological polar surface area (TPSA) is 105 Å². The second kappa shape index (κ2) is 33.5. The van der Waals surface area contributed by atoms with Gasteiger partial charge in [-0.2, -0.15) is 0 Å². The van der Waals surface area contributed by atoms with Gasteiger partial charge in [-0.05, 0) is 78.5 Å². The Morgan fingerprint density at radius 1 is 0.703 bits per heavy atom. The summed E-state index contributed by atoms with van der Waals surface area (Å²) < 4.78 is 20.8. The van der Waals surface area contributed by atoms with Crippen LogP contribution < -0.4 is 0 Å². The summed E-state index contributed by atoms with van der Waals surface area (Å²) in [6, 6.07) is 0. The van der Waals surface area contributed by atoms with E-state index in [0.29, 0.717) is 50.1 Å². The van der Waals surface area contributed by atoms with Gasteiger partial charge in [-0.25, -0.2) is 9.59 Å². The van der Waals surface area contributed by atoms with Crippen molar-refractivity contribution in [2.45, 2.75) is 200 Å². The van der Waals surface area contributed by atoms with Gasteiger partial charge in [0.2, 0.25) is 0 Å². The Balaban J connectivity index is 0. The van der Waals surface area contributed by atoms with Gasteiger partial charge < -0.3 is 18.9 Å². The fraction of sp³-hybridized carbons (Fsp3) is 0.680. The Labute approximate surface area is 407 Å². The molecule has 0 bridgehead atoms. The number of hydrogen-bond acceptors (Lipinski definition) is 8. The molecule has 0 N–H and O–H groups in total. The summed E-state index contributed by atoms with van der Waals surface area (Å²) in [5.41, 5.74) is 1.27. The Morgan fingerprint density at radius 3 is 1.47 bits per heavy atom. The van der Waals surface area contributed by atoms with Gasteiger partial charge in [0.1, 0.15) is 7.28 Å². The number of ether oxygens (including phenoxy) is 4. The zero-order valence-corrected chi connectivity index (χ0v) is 50.2. The summed E-state index contributed by atoms with van der Waals surface area (Å²) in [5, 5.41) is 3.49. The van der Waals surface area contributed by atoms with Crippen molar-refractivity contribution in [3.8, 4) is 0 Å². The number of carbonyl (C=O) groups is 4. The van der Waals surface area contributed by atoms with Crippen LogP contribution >= 0.6 is 15.9 Å². The summed E-state index contributed by atoms with van der Waals surface area (Å²) in [6.07, 6.45) is 24.8. The predicted octanol–water partition coefficient (Wildman–Crippen LogP) is 11.7. The minimum absolute atomic E-state index is 0.0277. The molecule has 1 radical (unpaired) electrons. The van der Waals surface area contributed by atoms with Crippen molar-refractivity contribution >= 4 is 81.9 Å². The van der Waals surface area contributed by atoms with Gasteiger partial charge >= 0.3 is 11.9 Å². The quantitative estimate of drug-likeness (QED) is 0.0691. The average Bonchev–Trinajstić information content (AvgIpc) is 3.71. The van der Waals surface area contributed by atoms with E-state index in [0.717, 1.165) is 23.4 Å². The van der Waals surface area contributed by atoms with Crippen LogP contribution in [0, 0.1) is 0 Å². The molecule has 3 aliphatic rings. The molecule has 1 saturated carbocycles. The van der Waals surface area contributed by atoms with Crippen molar-refractivity contribution in [3.05, 3.63) is 70.0 Å². The van der Waals surface area contributed by atoms with Crippen molar-refractivity contribution < 1.29 is 38.1 Å². The molecular weight excluding hydrogens is 932 g/mol. The van der Waals surface area contributed by atoms with E-state index in [4.69, 9.17) is 9.47 Å². The van der Waals surface area contributed by atoms with Crippen LogP contribution in [-0.2, 0) is 38.1 Å². The number of ketones is 2. The second-order valence-electron chi connectivity index (χ2n) is 20.7. The van der Waals surface area contributed by atoms with Crippen molar-refractivity contribution in [3.63, 3.8) is 0 Å². The lowest BCUT2D eigenvalue weighted by Crippen LogP contribution is -2.30. The van der Waals surface area contributed by atoms with Crippen molar-refractivity contribution in [1.82, 2.24) is 0 Å². The lowest BCUT2D eigenvalue weighted by Gasteiger charge is -2.27. The maximum Gasteiger partial charge on any atom is 0.330 e. The number of hydrogen-bond donors (Lipinski definition) is 0. The molecule has 0 aromatic heterocycles. The Kier molecular flexibility index (Phi) is 33.6. The van der Waals surface area contributed by atoms with Crippen LogP contribution in [0.2, 0.25) is 71.3 Å². The molecule has 365 valence electrons. The monoisotopic (exact) mass is 1020 g/mol. The van der Waals surface area contributed by atoms with Crippen LogP contribution in [0.4, 0.5) is 0 Å². The molecule has 0 aliphatic heterocycles. The van der Waals surface area contributed by atoms with Crippen LogP contribution in [0.25, 0.3) is 0 Å². The number of rotatable bonds is 15. The minimum atomic E-state index is -1.56. The summed E-state index contributed by atoms with van der Waals surface area (Å²) >= 11 is 3.28. The van der Waals surface area contributed by atoms with E-state index < -0.39 is 16.1 Å². The number of allylic oxidation sites excluding steroid dienone is 7. The fourth-order valence-electron chi connectivity index (χ4n) is 6.61. The van der Waals surface area contributed by atoms with Gasteiger partial charge in [0.25, 0.3) is 0 Å². The third-order valence-corrected chi connectivity index (χ3v) is 14.6. The van der Waals surface area contributed by atoms with E-state index in [1.165, 1.54) is 63.7 Å². The molecule has 14 heteroatoms. The lowest BCUT2D eigenvalue weighted by molar-refractivity contribution is -0.135. The van der Waals surface area contributed by atoms with Crippen LogP contribution in [0.1, 0.15) is 106 Å². The maximum absolute atomic E-state index is 12.4. The first-order valence-electron chi connectivity index (χ1n) is 23.7. The van der Waals surface area contributed by atoms with Crippen LogP contribution in [0.5, 0.6) is 0 Å². The third kappa shape index (κ3) is 32.7. The highest BCUT2D eigenvalue weighted by atomic mass is 79.9. The van der Waals surface area contributed by atoms with Crippen LogP contribution in [0.3, 0.4) is 0 Å². The molecule has 2 unspecified atom stereocenters. The number of esters is 2. The predicted molar refractivity (Wildman–Crippen MR) is 291 cm³/mol. The lowest BCUT2D eigenvalue weighted by atomic mass is 9.58. The number of Topliss-reactive ketones (excluding diaryl/α,β-unsaturated/α-hetero) is 2. The minimum Gasteiger partial charge on any atom is -0.466 e. The normalized spacial score (nSPS) is 18.7. The van der Waals surface area contributed by atoms with Gasteiger partial charge in [0, 0.05) is 54.9 Å². The Morgan fingerprint density at radius 2 is 1.11 bits per heavy atom. The zero-order chi connectivity index (χ0) is 49.7. The first-order valence-corrected chi connectivity index (χ1v) is 37.5. The molecule has 3 aliphatic carbocycles. The van der Waals surface area contributed by atoms with E-state index in [1.54, 1.807) is 11.2 Å². The fourth-order valence-corrected chi connectivity index (χ4v) is 10.0. The van der Waals surface area contributed by atoms with Crippen molar-refractivity contribution in [2.75, 3.05) is 19.5 Å². The summed E-state index contributed by atoms with van der Waals surface area (Å²) in [7, 11) is 3.27. The van der Waals surface area contributed by atoms with E-state index in [-0.39, 0.29) is 46.9 Å². The first kappa shape index (κ1) is 64.1. The molecule has 0 spiro atoms. The van der Waals surface area contributed by atoms with Gasteiger partial charge in [0.05, 0.1) is 53.8 Å². The van der Waals surface area contributed by atoms with Gasteiger partial charge in [0.15, 0.2) is 11.6 Å². The van der Waals surface area contributed by atoms with E-state index in [9.17, 15) is 19.2 Å². The molecule has 3 rings (SSSR count). The molecule has 0 saturated heterocycles. The highest BCUT2D eigenvalue weighted by molar-refractivity contribution is 9.09. The first-order chi connectivity index (χ1) is 29.6. The number of methoxy groups -OCH3 is 2. The maximum atomic E-state index is 12.4. The molecular formula is C50H91BBrO8Si4. The smallest absolute Gasteiger partial charge is 0.330 e. The average molecular weight is 1020 g/mol. The van der Waals surface area contributed by atoms with Gasteiger partial charge in [-0.3, -0.25) is 9.59 Å².